The van der Waals surface area contributed by atoms with Crippen molar-refractivity contribution in [3.05, 3.63) is 78.6 Å². The van der Waals surface area contributed by atoms with E-state index in [1.165, 1.54) is 21.5 Å². The third kappa shape index (κ3) is 7.46. The van der Waals surface area contributed by atoms with Crippen LogP contribution in [0.3, 0.4) is 0 Å². The average Bonchev–Trinajstić information content (AvgIpc) is 3.41. The fourth-order valence-electron chi connectivity index (χ4n) is 5.33. The van der Waals surface area contributed by atoms with Crippen LogP contribution in [-0.4, -0.2) is 30.1 Å². The van der Waals surface area contributed by atoms with Crippen LogP contribution in [0.5, 0.6) is 11.5 Å². The number of hydrogen-bond acceptors (Lipinski definition) is 6. The van der Waals surface area contributed by atoms with Crippen LogP contribution in [0.15, 0.2) is 72.5 Å². The predicted octanol–water partition coefficient (Wildman–Crippen LogP) is 9.95. The smallest absolute Gasteiger partial charge is 0.162 e. The monoisotopic (exact) mass is 775 g/mol. The van der Waals surface area contributed by atoms with E-state index in [0.29, 0.717) is 0 Å². The fourth-order valence-corrected chi connectivity index (χ4v) is 6.54. The standard InChI is InChI=1S/C23H16NO2S.C13H24O2.Ir/c1-25-15-12-17-21(18(13-15)26-2)20-16-10-6-7-11-19(16)27-23(20)22(24-17)14-8-4-3-5-9-14;1-5-10(6-2)12(14)9-13(15)11(7-3)8-4;/h3-8,10-13H,1-2H3;9-11,14H,5-8H2,1-4H3;/q-1;;/b;12-9-;. The first-order valence-corrected chi connectivity index (χ1v) is 15.5. The molecular weight excluding hydrogens is 735 g/mol. The van der Waals surface area contributed by atoms with E-state index >= 15 is 0 Å². The Labute approximate surface area is 272 Å². The number of hydrogen-bond donors (Lipinski definition) is 1. The third-order valence-electron chi connectivity index (χ3n) is 7.85. The van der Waals surface area contributed by atoms with Crippen LogP contribution >= 0.6 is 11.3 Å². The summed E-state index contributed by atoms with van der Waals surface area (Å²) in [6, 6.07) is 23.6. The van der Waals surface area contributed by atoms with Crippen LogP contribution in [0.25, 0.3) is 42.3 Å². The van der Waals surface area contributed by atoms with Crippen molar-refractivity contribution >= 4 is 48.2 Å². The van der Waals surface area contributed by atoms with Crippen molar-refractivity contribution in [3.63, 3.8) is 0 Å². The summed E-state index contributed by atoms with van der Waals surface area (Å²) in [6.07, 6.45) is 4.91. The number of pyridine rings is 1. The van der Waals surface area contributed by atoms with Crippen molar-refractivity contribution in [3.8, 4) is 22.8 Å². The number of thiophene rings is 1. The van der Waals surface area contributed by atoms with Crippen LogP contribution in [0.4, 0.5) is 0 Å². The number of ketones is 1. The van der Waals surface area contributed by atoms with Crippen molar-refractivity contribution in [2.75, 3.05) is 14.2 Å². The van der Waals surface area contributed by atoms with Crippen molar-refractivity contribution < 1.29 is 39.5 Å². The molecule has 0 bridgehead atoms. The van der Waals surface area contributed by atoms with Crippen LogP contribution in [0, 0.1) is 17.9 Å². The molecule has 5 nitrogen and oxygen atoms in total. The van der Waals surface area contributed by atoms with E-state index in [-0.39, 0.29) is 43.5 Å². The maximum atomic E-state index is 11.7. The zero-order valence-corrected chi connectivity index (χ0v) is 28.9. The summed E-state index contributed by atoms with van der Waals surface area (Å²) in [5.41, 5.74) is 2.78. The van der Waals surface area contributed by atoms with E-state index in [2.05, 4.69) is 36.4 Å². The molecule has 0 spiro atoms. The normalized spacial score (nSPS) is 11.5. The molecule has 0 amide bonds. The Hall–Kier alpha value is -3.25. The molecule has 0 atom stereocenters. The molecule has 0 aliphatic carbocycles. The van der Waals surface area contributed by atoms with E-state index < -0.39 is 0 Å². The molecule has 229 valence electrons. The molecule has 0 aliphatic rings. The SMILES string of the molecule is CCC(CC)C(=O)/C=C(\O)C(CC)CC.COc1cc(OC)c2c(c1)nc(-c1[c-]cccc1)c1sc3ccccc3c12.[Ir]. The van der Waals surface area contributed by atoms with E-state index in [4.69, 9.17) is 14.5 Å². The summed E-state index contributed by atoms with van der Waals surface area (Å²) < 4.78 is 13.6. The molecule has 0 unspecified atom stereocenters. The Morgan fingerprint density at radius 2 is 1.60 bits per heavy atom. The second-order valence-corrected chi connectivity index (χ2v) is 11.3. The van der Waals surface area contributed by atoms with Crippen molar-refractivity contribution in [2.45, 2.75) is 53.4 Å². The van der Waals surface area contributed by atoms with Gasteiger partial charge in [0.25, 0.3) is 0 Å². The quantitative estimate of drug-likeness (QED) is 0.0870. The number of carbonyl (C=O) groups excluding carboxylic acids is 1. The number of carbonyl (C=O) groups is 1. The zero-order valence-electron chi connectivity index (χ0n) is 25.7. The summed E-state index contributed by atoms with van der Waals surface area (Å²) in [6.45, 7) is 8.07. The van der Waals surface area contributed by atoms with Gasteiger partial charge in [-0.15, -0.1) is 47.2 Å². The van der Waals surface area contributed by atoms with Gasteiger partial charge in [0, 0.05) is 76.0 Å². The Bertz CT molecular complexity index is 1690. The molecular formula is C36H40IrNO4S-. The number of allylic oxidation sites excluding steroid dienone is 2. The average molecular weight is 775 g/mol. The van der Waals surface area contributed by atoms with Gasteiger partial charge in [-0.2, -0.15) is 0 Å². The number of aliphatic hydroxyl groups excluding tert-OH is 1. The summed E-state index contributed by atoms with van der Waals surface area (Å²) in [5.74, 6) is 2.05. The number of nitrogens with zero attached hydrogens (tertiary/aromatic N) is 1. The maximum Gasteiger partial charge on any atom is 0.162 e. The number of rotatable bonds is 10. The Kier molecular flexibility index (Phi) is 12.7. The van der Waals surface area contributed by atoms with Crippen LogP contribution in [-0.2, 0) is 24.9 Å². The van der Waals surface area contributed by atoms with E-state index in [1.807, 2.05) is 58.0 Å². The summed E-state index contributed by atoms with van der Waals surface area (Å²) in [4.78, 5) is 16.7. The Morgan fingerprint density at radius 3 is 2.21 bits per heavy atom. The van der Waals surface area contributed by atoms with Gasteiger partial charge in [-0.3, -0.25) is 9.78 Å². The van der Waals surface area contributed by atoms with Crippen LogP contribution in [0.1, 0.15) is 53.4 Å². The molecule has 0 saturated carbocycles. The van der Waals surface area contributed by atoms with Gasteiger partial charge >= 0.3 is 0 Å². The molecule has 5 aromatic rings. The fraction of sp³-hybridized carbons (Fsp3) is 0.333. The summed E-state index contributed by atoms with van der Waals surface area (Å²) in [7, 11) is 3.35. The minimum Gasteiger partial charge on any atom is -0.512 e. The second kappa shape index (κ2) is 16.0. The largest absolute Gasteiger partial charge is 0.512 e. The van der Waals surface area contributed by atoms with Gasteiger partial charge in [0.2, 0.25) is 0 Å². The first kappa shape index (κ1) is 34.2. The molecule has 1 radical (unpaired) electrons. The van der Waals surface area contributed by atoms with E-state index in [0.717, 1.165) is 64.0 Å². The van der Waals surface area contributed by atoms with Gasteiger partial charge < -0.3 is 14.6 Å². The third-order valence-corrected chi connectivity index (χ3v) is 9.03. The summed E-state index contributed by atoms with van der Waals surface area (Å²) in [5, 5.41) is 13.2. The number of aromatic nitrogens is 1. The predicted molar refractivity (Wildman–Crippen MR) is 176 cm³/mol. The molecule has 43 heavy (non-hydrogen) atoms. The van der Waals surface area contributed by atoms with Gasteiger partial charge in [-0.25, -0.2) is 0 Å². The van der Waals surface area contributed by atoms with E-state index in [1.54, 1.807) is 25.6 Å². The number of ether oxygens (including phenoxy) is 2. The molecule has 2 heterocycles. The number of aliphatic hydroxyl groups is 1. The van der Waals surface area contributed by atoms with Crippen molar-refractivity contribution in [2.24, 2.45) is 11.8 Å². The minimum absolute atomic E-state index is 0. The molecule has 0 aliphatic heterocycles. The van der Waals surface area contributed by atoms with Crippen molar-refractivity contribution in [1.29, 1.82) is 0 Å². The van der Waals surface area contributed by atoms with Gasteiger partial charge in [0.05, 0.1) is 30.9 Å². The molecule has 3 aromatic carbocycles. The topological polar surface area (TPSA) is 68.7 Å². The van der Waals surface area contributed by atoms with Gasteiger partial charge in [-0.05, 0) is 31.7 Å². The number of methoxy groups -OCH3 is 2. The van der Waals surface area contributed by atoms with Crippen LogP contribution in [0.2, 0.25) is 0 Å². The number of fused-ring (bicyclic) bond motifs is 5. The molecule has 7 heteroatoms. The Balaban J connectivity index is 0.000000274. The molecule has 0 saturated heterocycles. The molecule has 1 N–H and O–H groups in total. The maximum absolute atomic E-state index is 11.7. The van der Waals surface area contributed by atoms with Gasteiger partial charge in [0.15, 0.2) is 5.78 Å². The first-order valence-electron chi connectivity index (χ1n) is 14.7. The zero-order chi connectivity index (χ0) is 30.2. The number of benzene rings is 3. The van der Waals surface area contributed by atoms with Gasteiger partial charge in [-0.1, -0.05) is 45.9 Å². The van der Waals surface area contributed by atoms with Crippen molar-refractivity contribution in [1.82, 2.24) is 4.98 Å². The van der Waals surface area contributed by atoms with Gasteiger partial charge in [0.1, 0.15) is 11.5 Å². The summed E-state index contributed by atoms with van der Waals surface area (Å²) >= 11 is 1.76. The molecule has 0 fully saturated rings. The molecule has 2 aromatic heterocycles. The second-order valence-electron chi connectivity index (χ2n) is 10.3. The van der Waals surface area contributed by atoms with E-state index in [9.17, 15) is 9.90 Å². The minimum atomic E-state index is 0. The molecule has 5 rings (SSSR count). The Morgan fingerprint density at radius 1 is 0.930 bits per heavy atom. The first-order chi connectivity index (χ1) is 20.4. The van der Waals surface area contributed by atoms with Crippen LogP contribution < -0.4 is 9.47 Å².